The monoisotopic (exact) mass is 368 g/mol. The lowest BCUT2D eigenvalue weighted by atomic mass is 9.93. The Morgan fingerprint density at radius 1 is 0.846 bits per heavy atom. The number of hydrogen-bond donors (Lipinski definition) is 0. The summed E-state index contributed by atoms with van der Waals surface area (Å²) in [6.45, 7) is 2.22. The standard InChI is InChI=1S/C23H19ClF2/c1-16(20-5-3-2-4-6-20)13-18-10-7-17(8-11-18)9-12-19-14-21(25)23(24)22(26)15-19/h2-12,14-16H,13H2,1H3/t16-/m1/s1. The van der Waals surface area contributed by atoms with Crippen LogP contribution >= 0.6 is 11.6 Å². The first-order valence-corrected chi connectivity index (χ1v) is 8.87. The fourth-order valence-corrected chi connectivity index (χ4v) is 2.99. The van der Waals surface area contributed by atoms with Crippen LogP contribution in [0.1, 0.15) is 35.1 Å². The van der Waals surface area contributed by atoms with E-state index in [1.54, 1.807) is 6.08 Å². The Labute approximate surface area is 157 Å². The van der Waals surface area contributed by atoms with E-state index >= 15 is 0 Å². The molecule has 0 spiro atoms. The molecule has 0 saturated heterocycles. The van der Waals surface area contributed by atoms with Crippen molar-refractivity contribution in [2.24, 2.45) is 0 Å². The minimum absolute atomic E-state index is 0.436. The highest BCUT2D eigenvalue weighted by molar-refractivity contribution is 6.30. The summed E-state index contributed by atoms with van der Waals surface area (Å²) in [6.07, 6.45) is 4.46. The molecule has 0 radical (unpaired) electrons. The zero-order valence-corrected chi connectivity index (χ0v) is 15.2. The smallest absolute Gasteiger partial charge is 0.145 e. The predicted molar refractivity (Wildman–Crippen MR) is 105 cm³/mol. The molecule has 0 aliphatic rings. The molecule has 0 heterocycles. The highest BCUT2D eigenvalue weighted by atomic mass is 35.5. The molecule has 26 heavy (non-hydrogen) atoms. The Balaban J connectivity index is 1.68. The van der Waals surface area contributed by atoms with Crippen molar-refractivity contribution in [3.63, 3.8) is 0 Å². The van der Waals surface area contributed by atoms with E-state index in [9.17, 15) is 8.78 Å². The molecule has 0 N–H and O–H groups in total. The van der Waals surface area contributed by atoms with Gasteiger partial charge in [0, 0.05) is 0 Å². The molecule has 0 saturated carbocycles. The maximum absolute atomic E-state index is 13.5. The van der Waals surface area contributed by atoms with Gasteiger partial charge < -0.3 is 0 Å². The van der Waals surface area contributed by atoms with Crippen LogP contribution in [0.5, 0.6) is 0 Å². The summed E-state index contributed by atoms with van der Waals surface area (Å²) in [5.74, 6) is -1.06. The van der Waals surface area contributed by atoms with Gasteiger partial charge in [-0.1, -0.05) is 85.3 Å². The third-order valence-electron chi connectivity index (χ3n) is 4.36. The topological polar surface area (TPSA) is 0 Å². The number of rotatable bonds is 5. The first-order chi connectivity index (χ1) is 12.5. The van der Waals surface area contributed by atoms with Gasteiger partial charge in [0.2, 0.25) is 0 Å². The highest BCUT2D eigenvalue weighted by Crippen LogP contribution is 2.23. The van der Waals surface area contributed by atoms with Gasteiger partial charge in [-0.15, -0.1) is 0 Å². The lowest BCUT2D eigenvalue weighted by Gasteiger charge is -2.12. The van der Waals surface area contributed by atoms with Gasteiger partial charge in [0.25, 0.3) is 0 Å². The van der Waals surface area contributed by atoms with E-state index < -0.39 is 16.7 Å². The lowest BCUT2D eigenvalue weighted by Crippen LogP contribution is -1.98. The van der Waals surface area contributed by atoms with Crippen LogP contribution in [0.4, 0.5) is 8.78 Å². The van der Waals surface area contributed by atoms with E-state index in [-0.39, 0.29) is 0 Å². The molecule has 0 aliphatic carbocycles. The summed E-state index contributed by atoms with van der Waals surface area (Å²) < 4.78 is 26.9. The molecular formula is C23H19ClF2. The molecule has 0 nitrogen and oxygen atoms in total. The third-order valence-corrected chi connectivity index (χ3v) is 4.73. The summed E-state index contributed by atoms with van der Waals surface area (Å²) in [6, 6.07) is 21.1. The molecule has 0 aromatic heterocycles. The Morgan fingerprint density at radius 2 is 1.42 bits per heavy atom. The first-order valence-electron chi connectivity index (χ1n) is 8.49. The highest BCUT2D eigenvalue weighted by Gasteiger charge is 2.07. The Morgan fingerprint density at radius 3 is 2.04 bits per heavy atom. The van der Waals surface area contributed by atoms with Gasteiger partial charge in [-0.2, -0.15) is 0 Å². The van der Waals surface area contributed by atoms with Crippen molar-refractivity contribution >= 4 is 23.8 Å². The fourth-order valence-electron chi connectivity index (χ4n) is 2.88. The molecule has 1 atom stereocenters. The van der Waals surface area contributed by atoms with E-state index in [1.165, 1.54) is 23.3 Å². The number of halogens is 3. The van der Waals surface area contributed by atoms with Crippen LogP contribution in [0, 0.1) is 11.6 Å². The van der Waals surface area contributed by atoms with Crippen molar-refractivity contribution in [1.29, 1.82) is 0 Å². The molecule has 3 aromatic rings. The van der Waals surface area contributed by atoms with Gasteiger partial charge in [0.15, 0.2) is 0 Å². The summed E-state index contributed by atoms with van der Waals surface area (Å²) in [5, 5.41) is -0.473. The van der Waals surface area contributed by atoms with Gasteiger partial charge in [-0.25, -0.2) is 8.78 Å². The molecule has 3 rings (SSSR count). The first kappa shape index (κ1) is 18.3. The van der Waals surface area contributed by atoms with Crippen molar-refractivity contribution in [2.45, 2.75) is 19.3 Å². The van der Waals surface area contributed by atoms with Crippen molar-refractivity contribution in [3.8, 4) is 0 Å². The zero-order chi connectivity index (χ0) is 18.5. The van der Waals surface area contributed by atoms with Gasteiger partial charge in [0.05, 0.1) is 0 Å². The fraction of sp³-hybridized carbons (Fsp3) is 0.130. The van der Waals surface area contributed by atoms with Crippen LogP contribution in [-0.4, -0.2) is 0 Å². The second kappa shape index (κ2) is 8.29. The van der Waals surface area contributed by atoms with Gasteiger partial charge >= 0.3 is 0 Å². The van der Waals surface area contributed by atoms with Gasteiger partial charge in [-0.3, -0.25) is 0 Å². The Hall–Kier alpha value is -2.45. The SMILES string of the molecule is C[C@H](Cc1ccc(C=Cc2cc(F)c(Cl)c(F)c2)cc1)c1ccccc1. The molecular weight excluding hydrogens is 350 g/mol. The van der Waals surface area contributed by atoms with Crippen LogP contribution < -0.4 is 0 Å². The summed E-state index contributed by atoms with van der Waals surface area (Å²) in [7, 11) is 0. The maximum Gasteiger partial charge on any atom is 0.145 e. The average molecular weight is 369 g/mol. The van der Waals surface area contributed by atoms with Crippen LogP contribution in [0.3, 0.4) is 0 Å². The van der Waals surface area contributed by atoms with Crippen molar-refractivity contribution in [2.75, 3.05) is 0 Å². The quantitative estimate of drug-likeness (QED) is 0.332. The lowest BCUT2D eigenvalue weighted by molar-refractivity contribution is 0.583. The average Bonchev–Trinajstić information content (AvgIpc) is 2.66. The Kier molecular flexibility index (Phi) is 5.85. The molecule has 0 unspecified atom stereocenters. The number of hydrogen-bond acceptors (Lipinski definition) is 0. The van der Waals surface area contributed by atoms with E-state index in [4.69, 9.17) is 11.6 Å². The van der Waals surface area contributed by atoms with E-state index in [0.29, 0.717) is 11.5 Å². The Bertz CT molecular complexity index is 876. The molecule has 0 bridgehead atoms. The van der Waals surface area contributed by atoms with E-state index in [0.717, 1.165) is 12.0 Å². The van der Waals surface area contributed by atoms with Gasteiger partial charge in [0.1, 0.15) is 16.7 Å². The molecule has 0 fully saturated rings. The van der Waals surface area contributed by atoms with Crippen molar-refractivity contribution in [1.82, 2.24) is 0 Å². The molecule has 132 valence electrons. The summed E-state index contributed by atoms with van der Waals surface area (Å²) >= 11 is 5.50. The second-order valence-corrected chi connectivity index (χ2v) is 6.77. The number of benzene rings is 3. The normalized spacial score (nSPS) is 12.5. The zero-order valence-electron chi connectivity index (χ0n) is 14.4. The minimum atomic E-state index is -0.753. The van der Waals surface area contributed by atoms with Crippen molar-refractivity contribution in [3.05, 3.63) is 106 Å². The molecule has 3 aromatic carbocycles. The van der Waals surface area contributed by atoms with Crippen LogP contribution in [-0.2, 0) is 6.42 Å². The molecule has 3 heteroatoms. The largest absolute Gasteiger partial charge is 0.205 e. The van der Waals surface area contributed by atoms with E-state index in [1.807, 2.05) is 24.3 Å². The second-order valence-electron chi connectivity index (χ2n) is 6.39. The van der Waals surface area contributed by atoms with Gasteiger partial charge in [-0.05, 0) is 46.7 Å². The predicted octanol–water partition coefficient (Wildman–Crippen LogP) is 7.13. The molecule has 0 aliphatic heterocycles. The summed E-state index contributed by atoms with van der Waals surface area (Å²) in [5.41, 5.74) is 3.98. The van der Waals surface area contributed by atoms with Crippen molar-refractivity contribution < 1.29 is 8.78 Å². The minimum Gasteiger partial charge on any atom is -0.205 e. The third kappa shape index (κ3) is 4.59. The maximum atomic E-state index is 13.5. The summed E-state index contributed by atoms with van der Waals surface area (Å²) in [4.78, 5) is 0. The molecule has 0 amide bonds. The van der Waals surface area contributed by atoms with Crippen LogP contribution in [0.25, 0.3) is 12.2 Å². The van der Waals surface area contributed by atoms with Crippen LogP contribution in [0.2, 0.25) is 5.02 Å². The van der Waals surface area contributed by atoms with E-state index in [2.05, 4.69) is 43.3 Å². The van der Waals surface area contributed by atoms with Crippen LogP contribution in [0.15, 0.2) is 66.7 Å².